The number of pyridine rings is 1. The molecule has 0 bridgehead atoms. The quantitative estimate of drug-likeness (QED) is 0.501. The van der Waals surface area contributed by atoms with Crippen molar-refractivity contribution in [3.05, 3.63) is 64.3 Å². The number of carboxylic acids is 1. The van der Waals surface area contributed by atoms with Crippen LogP contribution in [0.3, 0.4) is 0 Å². The van der Waals surface area contributed by atoms with Crippen molar-refractivity contribution < 1.29 is 14.8 Å². The number of nitro groups is 1. The second kappa shape index (κ2) is 6.85. The van der Waals surface area contributed by atoms with Crippen LogP contribution >= 0.6 is 11.8 Å². The summed E-state index contributed by atoms with van der Waals surface area (Å²) in [6.45, 7) is 0. The number of carboxylic acid groups (broad SMARTS) is 1. The molecule has 0 saturated carbocycles. The summed E-state index contributed by atoms with van der Waals surface area (Å²) >= 11 is 0.894. The minimum absolute atomic E-state index is 0.117. The van der Waals surface area contributed by atoms with E-state index < -0.39 is 16.1 Å². The van der Waals surface area contributed by atoms with Crippen LogP contribution in [0.25, 0.3) is 0 Å². The van der Waals surface area contributed by atoms with Crippen LogP contribution in [-0.2, 0) is 11.2 Å². The summed E-state index contributed by atoms with van der Waals surface area (Å²) in [6, 6.07) is 11.9. The first-order chi connectivity index (χ1) is 10.1. The molecule has 6 nitrogen and oxygen atoms in total. The fraction of sp³-hybridized carbons (Fsp3) is 0.143. The fourth-order valence-electron chi connectivity index (χ4n) is 1.75. The first-order valence-corrected chi connectivity index (χ1v) is 6.98. The molecule has 1 aromatic carbocycles. The highest BCUT2D eigenvalue weighted by molar-refractivity contribution is 8.00. The van der Waals surface area contributed by atoms with Crippen molar-refractivity contribution >= 4 is 23.4 Å². The molecule has 2 aromatic rings. The van der Waals surface area contributed by atoms with Gasteiger partial charge < -0.3 is 5.11 Å². The molecular weight excluding hydrogens is 292 g/mol. The number of aliphatic carboxylic acids is 1. The summed E-state index contributed by atoms with van der Waals surface area (Å²) in [5, 5.41) is 19.5. The van der Waals surface area contributed by atoms with Crippen molar-refractivity contribution in [2.24, 2.45) is 0 Å². The lowest BCUT2D eigenvalue weighted by Crippen LogP contribution is -2.19. The second-order valence-electron chi connectivity index (χ2n) is 4.22. The normalized spacial score (nSPS) is 11.8. The molecule has 108 valence electrons. The zero-order chi connectivity index (χ0) is 15.2. The van der Waals surface area contributed by atoms with E-state index in [9.17, 15) is 20.0 Å². The summed E-state index contributed by atoms with van der Waals surface area (Å²) in [5.41, 5.74) is 0.679. The van der Waals surface area contributed by atoms with Crippen LogP contribution in [0.5, 0.6) is 0 Å². The van der Waals surface area contributed by atoms with Crippen molar-refractivity contribution in [2.45, 2.75) is 16.7 Å². The van der Waals surface area contributed by atoms with E-state index in [0.717, 1.165) is 17.3 Å². The van der Waals surface area contributed by atoms with Crippen molar-refractivity contribution in [3.63, 3.8) is 0 Å². The number of rotatable bonds is 6. The number of hydrogen-bond donors (Lipinski definition) is 1. The number of aromatic nitrogens is 1. The van der Waals surface area contributed by atoms with Gasteiger partial charge in [0.1, 0.15) is 5.25 Å². The van der Waals surface area contributed by atoms with Crippen LogP contribution in [0.1, 0.15) is 5.56 Å². The first-order valence-electron chi connectivity index (χ1n) is 6.10. The zero-order valence-electron chi connectivity index (χ0n) is 10.9. The van der Waals surface area contributed by atoms with Crippen LogP contribution in [0.2, 0.25) is 0 Å². The molecule has 0 saturated heterocycles. The largest absolute Gasteiger partial charge is 0.480 e. The Labute approximate surface area is 125 Å². The summed E-state index contributed by atoms with van der Waals surface area (Å²) in [6.07, 6.45) is 1.69. The van der Waals surface area contributed by atoms with Crippen molar-refractivity contribution in [3.8, 4) is 0 Å². The summed E-state index contributed by atoms with van der Waals surface area (Å²) in [5.74, 6) is -1.02. The number of hydrogen-bond acceptors (Lipinski definition) is 5. The lowest BCUT2D eigenvalue weighted by molar-refractivity contribution is -0.388. The van der Waals surface area contributed by atoms with Gasteiger partial charge in [-0.3, -0.25) is 14.9 Å². The van der Waals surface area contributed by atoms with Crippen molar-refractivity contribution in [1.82, 2.24) is 4.98 Å². The van der Waals surface area contributed by atoms with Gasteiger partial charge in [-0.15, -0.1) is 0 Å². The molecule has 1 N–H and O–H groups in total. The molecule has 1 heterocycles. The monoisotopic (exact) mass is 304 g/mol. The van der Waals surface area contributed by atoms with Gasteiger partial charge in [-0.1, -0.05) is 42.1 Å². The predicted molar refractivity (Wildman–Crippen MR) is 78.3 cm³/mol. The van der Waals surface area contributed by atoms with Crippen LogP contribution in [-0.4, -0.2) is 26.2 Å². The van der Waals surface area contributed by atoms with E-state index in [1.807, 2.05) is 30.3 Å². The maximum Gasteiger partial charge on any atom is 0.317 e. The van der Waals surface area contributed by atoms with Gasteiger partial charge >= 0.3 is 11.7 Å². The molecule has 7 heteroatoms. The average molecular weight is 304 g/mol. The molecule has 0 aliphatic rings. The first kappa shape index (κ1) is 15.0. The molecule has 1 atom stereocenters. The van der Waals surface area contributed by atoms with Crippen LogP contribution in [0.4, 0.5) is 5.69 Å². The van der Waals surface area contributed by atoms with Crippen molar-refractivity contribution in [2.75, 3.05) is 0 Å². The number of benzene rings is 1. The Morgan fingerprint density at radius 1 is 1.29 bits per heavy atom. The van der Waals surface area contributed by atoms with Gasteiger partial charge in [0.05, 0.1) is 4.92 Å². The molecule has 0 aliphatic heterocycles. The summed E-state index contributed by atoms with van der Waals surface area (Å²) in [4.78, 5) is 25.7. The van der Waals surface area contributed by atoms with Gasteiger partial charge in [-0.25, -0.2) is 4.98 Å². The van der Waals surface area contributed by atoms with E-state index in [1.54, 1.807) is 0 Å². The molecule has 21 heavy (non-hydrogen) atoms. The minimum Gasteiger partial charge on any atom is -0.480 e. The average Bonchev–Trinajstić information content (AvgIpc) is 2.48. The second-order valence-corrected chi connectivity index (χ2v) is 5.41. The molecule has 1 unspecified atom stereocenters. The van der Waals surface area contributed by atoms with E-state index in [4.69, 9.17) is 0 Å². The third-order valence-electron chi connectivity index (χ3n) is 2.74. The highest BCUT2D eigenvalue weighted by atomic mass is 32.2. The van der Waals surface area contributed by atoms with E-state index in [-0.39, 0.29) is 17.1 Å². The lowest BCUT2D eigenvalue weighted by Gasteiger charge is -2.11. The summed E-state index contributed by atoms with van der Waals surface area (Å²) in [7, 11) is 0. The summed E-state index contributed by atoms with van der Waals surface area (Å²) < 4.78 is 0. The van der Waals surface area contributed by atoms with E-state index in [0.29, 0.717) is 0 Å². The molecule has 0 fully saturated rings. The molecule has 0 spiro atoms. The number of thioether (sulfide) groups is 1. The van der Waals surface area contributed by atoms with E-state index in [1.165, 1.54) is 18.3 Å². The third-order valence-corrected chi connectivity index (χ3v) is 3.93. The Hall–Kier alpha value is -2.41. The van der Waals surface area contributed by atoms with Crippen molar-refractivity contribution in [1.29, 1.82) is 0 Å². The Balaban J connectivity index is 2.21. The Bertz CT molecular complexity index is 648. The van der Waals surface area contributed by atoms with Crippen LogP contribution in [0.15, 0.2) is 53.7 Å². The lowest BCUT2D eigenvalue weighted by atomic mass is 10.1. The Morgan fingerprint density at radius 2 is 2.00 bits per heavy atom. The molecule has 2 rings (SSSR count). The molecule has 0 amide bonds. The Morgan fingerprint density at radius 3 is 2.62 bits per heavy atom. The molecule has 1 aromatic heterocycles. The molecular formula is C14H12N2O4S. The molecule has 0 aliphatic carbocycles. The van der Waals surface area contributed by atoms with Crippen LogP contribution in [0, 0.1) is 10.1 Å². The van der Waals surface area contributed by atoms with Gasteiger partial charge in [0.15, 0.2) is 5.03 Å². The number of carbonyl (C=O) groups is 1. The van der Waals surface area contributed by atoms with Gasteiger partial charge in [0.2, 0.25) is 0 Å². The van der Waals surface area contributed by atoms with Crippen LogP contribution < -0.4 is 0 Å². The fourth-order valence-corrected chi connectivity index (χ4v) is 2.79. The maximum absolute atomic E-state index is 11.4. The SMILES string of the molecule is O=C(O)C(Cc1ccccc1)Sc1ncccc1[N+](=O)[O-]. The Kier molecular flexibility index (Phi) is 4.89. The minimum atomic E-state index is -1.02. The van der Waals surface area contributed by atoms with Gasteiger partial charge in [0.25, 0.3) is 0 Å². The standard InChI is InChI=1S/C14H12N2O4S/c17-14(18)12(9-10-5-2-1-3-6-10)21-13-11(16(19)20)7-4-8-15-13/h1-8,12H,9H2,(H,17,18). The number of nitrogens with zero attached hydrogens (tertiary/aromatic N) is 2. The van der Waals surface area contributed by atoms with Gasteiger partial charge in [-0.2, -0.15) is 0 Å². The molecule has 0 radical (unpaired) electrons. The van der Waals surface area contributed by atoms with Gasteiger partial charge in [0, 0.05) is 12.3 Å². The highest BCUT2D eigenvalue weighted by Crippen LogP contribution is 2.31. The topological polar surface area (TPSA) is 93.3 Å². The highest BCUT2D eigenvalue weighted by Gasteiger charge is 2.25. The smallest absolute Gasteiger partial charge is 0.317 e. The zero-order valence-corrected chi connectivity index (χ0v) is 11.7. The third kappa shape index (κ3) is 4.03. The van der Waals surface area contributed by atoms with Gasteiger partial charge in [-0.05, 0) is 18.1 Å². The predicted octanol–water partition coefficient (Wildman–Crippen LogP) is 2.78. The van der Waals surface area contributed by atoms with E-state index >= 15 is 0 Å². The van der Waals surface area contributed by atoms with E-state index in [2.05, 4.69) is 4.98 Å². The maximum atomic E-state index is 11.4.